The van der Waals surface area contributed by atoms with Gasteiger partial charge in [-0.25, -0.2) is 4.79 Å². The minimum Gasteiger partial charge on any atom is -0.487 e. The summed E-state index contributed by atoms with van der Waals surface area (Å²) in [6.45, 7) is 5.66. The molecule has 0 saturated carbocycles. The van der Waals surface area contributed by atoms with E-state index >= 15 is 0 Å². The van der Waals surface area contributed by atoms with Crippen molar-refractivity contribution in [1.29, 1.82) is 0 Å². The van der Waals surface area contributed by atoms with Gasteiger partial charge in [0.15, 0.2) is 18.1 Å². The van der Waals surface area contributed by atoms with Crippen LogP contribution in [0.15, 0.2) is 71.6 Å². The topological polar surface area (TPSA) is 54.0 Å². The molecular formula is C28H29F3O5S. The van der Waals surface area contributed by atoms with E-state index < -0.39 is 17.7 Å². The average Bonchev–Trinajstić information content (AvgIpc) is 2.85. The Labute approximate surface area is 218 Å². The second-order valence-electron chi connectivity index (χ2n) is 8.16. The van der Waals surface area contributed by atoms with E-state index in [1.807, 2.05) is 32.0 Å². The van der Waals surface area contributed by atoms with E-state index in [0.29, 0.717) is 24.5 Å². The predicted octanol–water partition coefficient (Wildman–Crippen LogP) is 7.70. The first kappa shape index (κ1) is 28.2. The number of benzene rings is 3. The predicted molar refractivity (Wildman–Crippen MR) is 137 cm³/mol. The van der Waals surface area contributed by atoms with Gasteiger partial charge in [-0.15, -0.1) is 11.8 Å². The highest BCUT2D eigenvalue weighted by Crippen LogP contribution is 2.39. The molecule has 1 atom stereocenters. The van der Waals surface area contributed by atoms with E-state index in [0.717, 1.165) is 28.3 Å². The van der Waals surface area contributed by atoms with Gasteiger partial charge < -0.3 is 18.9 Å². The monoisotopic (exact) mass is 534 g/mol. The lowest BCUT2D eigenvalue weighted by molar-refractivity contribution is -0.145. The van der Waals surface area contributed by atoms with Crippen molar-refractivity contribution in [1.82, 2.24) is 0 Å². The molecule has 198 valence electrons. The summed E-state index contributed by atoms with van der Waals surface area (Å²) in [6, 6.07) is 17.5. The van der Waals surface area contributed by atoms with Gasteiger partial charge in [0, 0.05) is 10.6 Å². The summed E-state index contributed by atoms with van der Waals surface area (Å²) in [7, 11) is 0. The molecule has 0 heterocycles. The Bertz CT molecular complexity index is 1170. The number of aryl methyl sites for hydroxylation is 1. The number of para-hydroxylation sites is 1. The van der Waals surface area contributed by atoms with Gasteiger partial charge in [0.1, 0.15) is 11.5 Å². The van der Waals surface area contributed by atoms with Crippen LogP contribution in [-0.4, -0.2) is 31.0 Å². The van der Waals surface area contributed by atoms with Crippen LogP contribution in [0.4, 0.5) is 13.2 Å². The van der Waals surface area contributed by atoms with E-state index in [9.17, 15) is 18.0 Å². The minimum atomic E-state index is -4.49. The van der Waals surface area contributed by atoms with Gasteiger partial charge in [0.25, 0.3) is 0 Å². The van der Waals surface area contributed by atoms with Gasteiger partial charge in [0.2, 0.25) is 0 Å². The molecule has 0 aromatic heterocycles. The molecule has 0 aliphatic carbocycles. The Morgan fingerprint density at radius 1 is 0.973 bits per heavy atom. The smallest absolute Gasteiger partial charge is 0.416 e. The van der Waals surface area contributed by atoms with Crippen LogP contribution in [0.5, 0.6) is 23.0 Å². The van der Waals surface area contributed by atoms with Crippen LogP contribution in [0.1, 0.15) is 31.4 Å². The molecule has 0 bridgehead atoms. The standard InChI is InChI=1S/C28H29F3O5S/c1-4-33-27(32)18-34-24-13-11-23(16-19(24)2)37-15-14-20(3)35-25-12-10-21(28(29,30)31)17-26(25)36-22-8-6-5-7-9-22/h5-13,16-17,20H,4,14-15,18H2,1-3H3/t20-/m1/s1. The zero-order valence-corrected chi connectivity index (χ0v) is 21.7. The first-order valence-electron chi connectivity index (χ1n) is 11.8. The fourth-order valence-electron chi connectivity index (χ4n) is 3.31. The number of carbonyl (C=O) groups is 1. The van der Waals surface area contributed by atoms with Crippen LogP contribution >= 0.6 is 11.8 Å². The molecule has 0 spiro atoms. The Kier molecular flexibility index (Phi) is 10.1. The molecule has 3 aromatic carbocycles. The van der Waals surface area contributed by atoms with Crippen LogP contribution in [0, 0.1) is 6.92 Å². The summed E-state index contributed by atoms with van der Waals surface area (Å²) >= 11 is 1.62. The Balaban J connectivity index is 1.58. The summed E-state index contributed by atoms with van der Waals surface area (Å²) in [4.78, 5) is 12.5. The highest BCUT2D eigenvalue weighted by molar-refractivity contribution is 7.99. The number of esters is 1. The van der Waals surface area contributed by atoms with Crippen molar-refractivity contribution < 1.29 is 36.9 Å². The van der Waals surface area contributed by atoms with Crippen molar-refractivity contribution in [3.8, 4) is 23.0 Å². The number of ether oxygens (including phenoxy) is 4. The summed E-state index contributed by atoms with van der Waals surface area (Å²) in [5.41, 5.74) is 0.0881. The Hall–Kier alpha value is -3.33. The zero-order valence-electron chi connectivity index (χ0n) is 20.8. The van der Waals surface area contributed by atoms with Crippen molar-refractivity contribution >= 4 is 17.7 Å². The maximum absolute atomic E-state index is 13.3. The van der Waals surface area contributed by atoms with Crippen LogP contribution < -0.4 is 14.2 Å². The number of rotatable bonds is 12. The molecule has 0 aliphatic rings. The molecule has 3 rings (SSSR count). The van der Waals surface area contributed by atoms with Crippen molar-refractivity contribution in [2.24, 2.45) is 0 Å². The number of hydrogen-bond acceptors (Lipinski definition) is 6. The number of carbonyl (C=O) groups excluding carboxylic acids is 1. The lowest BCUT2D eigenvalue weighted by Crippen LogP contribution is -2.15. The van der Waals surface area contributed by atoms with Gasteiger partial charge in [0.05, 0.1) is 18.3 Å². The lowest BCUT2D eigenvalue weighted by Gasteiger charge is -2.19. The highest BCUT2D eigenvalue weighted by Gasteiger charge is 2.31. The normalized spacial score (nSPS) is 12.1. The molecule has 0 fully saturated rings. The molecule has 37 heavy (non-hydrogen) atoms. The van der Waals surface area contributed by atoms with Crippen LogP contribution in [0.3, 0.4) is 0 Å². The molecule has 0 N–H and O–H groups in total. The second-order valence-corrected chi connectivity index (χ2v) is 9.33. The lowest BCUT2D eigenvalue weighted by atomic mass is 10.2. The fourth-order valence-corrected chi connectivity index (χ4v) is 4.42. The van der Waals surface area contributed by atoms with E-state index in [4.69, 9.17) is 18.9 Å². The SMILES string of the molecule is CCOC(=O)COc1ccc(SCC[C@@H](C)Oc2ccc(C(F)(F)F)cc2Oc2ccccc2)cc1C. The number of thioether (sulfide) groups is 1. The summed E-state index contributed by atoms with van der Waals surface area (Å²) in [5, 5.41) is 0. The van der Waals surface area contributed by atoms with E-state index in [-0.39, 0.29) is 24.2 Å². The van der Waals surface area contributed by atoms with Crippen molar-refractivity contribution in [3.05, 3.63) is 77.9 Å². The minimum absolute atomic E-state index is 0.00885. The first-order valence-corrected chi connectivity index (χ1v) is 12.8. The Morgan fingerprint density at radius 2 is 1.70 bits per heavy atom. The highest BCUT2D eigenvalue weighted by atomic mass is 32.2. The van der Waals surface area contributed by atoms with Crippen LogP contribution in [0.25, 0.3) is 0 Å². The fraction of sp³-hybridized carbons (Fsp3) is 0.321. The number of alkyl halides is 3. The maximum Gasteiger partial charge on any atom is 0.416 e. The molecular weight excluding hydrogens is 505 g/mol. The number of hydrogen-bond donors (Lipinski definition) is 0. The first-order chi connectivity index (χ1) is 17.7. The maximum atomic E-state index is 13.3. The largest absolute Gasteiger partial charge is 0.487 e. The molecule has 9 heteroatoms. The second kappa shape index (κ2) is 13.3. The van der Waals surface area contributed by atoms with Gasteiger partial charge >= 0.3 is 12.1 Å². The summed E-state index contributed by atoms with van der Waals surface area (Å²) < 4.78 is 61.9. The van der Waals surface area contributed by atoms with Crippen molar-refractivity contribution in [2.45, 2.75) is 44.4 Å². The van der Waals surface area contributed by atoms with E-state index in [1.54, 1.807) is 49.0 Å². The van der Waals surface area contributed by atoms with Gasteiger partial charge in [-0.2, -0.15) is 13.2 Å². The van der Waals surface area contributed by atoms with Crippen LogP contribution in [0.2, 0.25) is 0 Å². The zero-order chi connectivity index (χ0) is 26.8. The third kappa shape index (κ3) is 8.93. The van der Waals surface area contributed by atoms with Crippen molar-refractivity contribution in [3.63, 3.8) is 0 Å². The summed E-state index contributed by atoms with van der Waals surface area (Å²) in [5.74, 6) is 1.59. The third-order valence-corrected chi connectivity index (χ3v) is 6.19. The third-order valence-electron chi connectivity index (χ3n) is 5.16. The summed E-state index contributed by atoms with van der Waals surface area (Å²) in [6.07, 6.45) is -4.11. The van der Waals surface area contributed by atoms with E-state index in [1.165, 1.54) is 6.07 Å². The molecule has 5 nitrogen and oxygen atoms in total. The molecule has 0 amide bonds. The molecule has 3 aromatic rings. The quantitative estimate of drug-likeness (QED) is 0.175. The van der Waals surface area contributed by atoms with E-state index in [2.05, 4.69) is 0 Å². The molecule has 0 unspecified atom stereocenters. The molecule has 0 radical (unpaired) electrons. The number of halogens is 3. The molecule has 0 aliphatic heterocycles. The van der Waals surface area contributed by atoms with Crippen molar-refractivity contribution in [2.75, 3.05) is 19.0 Å². The van der Waals surface area contributed by atoms with Gasteiger partial charge in [-0.3, -0.25) is 0 Å². The van der Waals surface area contributed by atoms with Gasteiger partial charge in [-0.05, 0) is 81.3 Å². The Morgan fingerprint density at radius 3 is 2.38 bits per heavy atom. The van der Waals surface area contributed by atoms with Crippen LogP contribution in [-0.2, 0) is 15.7 Å². The van der Waals surface area contributed by atoms with Gasteiger partial charge in [-0.1, -0.05) is 18.2 Å². The molecule has 0 saturated heterocycles. The average molecular weight is 535 g/mol.